The van der Waals surface area contributed by atoms with Crippen LogP contribution in [-0.2, 0) is 4.74 Å². The van der Waals surface area contributed by atoms with Crippen molar-refractivity contribution < 1.29 is 71.3 Å². The van der Waals surface area contributed by atoms with Gasteiger partial charge >= 0.3 is 29.8 Å². The number of ether oxygens (including phenoxy) is 10. The number of esters is 5. The summed E-state index contributed by atoms with van der Waals surface area (Å²) in [6, 6.07) is 39.6. The number of benzene rings is 7. The molecule has 0 heterocycles. The smallest absolute Gasteiger partial charge is 0.347 e. The topological polar surface area (TPSA) is 178 Å². The second-order valence-electron chi connectivity index (χ2n) is 15.9. The largest absolute Gasteiger partial charge is 0.497 e. The van der Waals surface area contributed by atoms with Crippen molar-refractivity contribution in [2.24, 2.45) is 0 Å². The molecule has 0 aliphatic carbocycles. The minimum absolute atomic E-state index is 0.0132. The van der Waals surface area contributed by atoms with Gasteiger partial charge in [-0.15, -0.1) is 0 Å². The van der Waals surface area contributed by atoms with Gasteiger partial charge in [0.1, 0.15) is 45.8 Å². The second-order valence-corrected chi connectivity index (χ2v) is 15.9. The molecule has 7 aromatic carbocycles. The van der Waals surface area contributed by atoms with Crippen molar-refractivity contribution in [3.63, 3.8) is 0 Å². The van der Waals surface area contributed by atoms with Crippen LogP contribution in [0.15, 0.2) is 152 Å². The molecule has 0 amide bonds. The highest BCUT2D eigenvalue weighted by atomic mass is 16.6. The van der Waals surface area contributed by atoms with Crippen LogP contribution in [-0.4, -0.2) is 70.5 Å². The van der Waals surface area contributed by atoms with Crippen molar-refractivity contribution in [2.45, 2.75) is 33.3 Å². The molecule has 7 aromatic rings. The molecule has 0 radical (unpaired) electrons. The fraction of sp³-hybridized carbons (Fsp3) is 0.175. The summed E-state index contributed by atoms with van der Waals surface area (Å²) in [7, 11) is 4.42. The maximum Gasteiger partial charge on any atom is 0.347 e. The van der Waals surface area contributed by atoms with Gasteiger partial charge < -0.3 is 47.4 Å². The van der Waals surface area contributed by atoms with E-state index in [2.05, 4.69) is 0 Å². The van der Waals surface area contributed by atoms with Crippen molar-refractivity contribution in [3.8, 4) is 62.9 Å². The Balaban J connectivity index is 0.874. The molecule has 1 unspecified atom stereocenters. The first-order valence-electron chi connectivity index (χ1n) is 22.6. The molecule has 15 heteroatoms. The van der Waals surface area contributed by atoms with Crippen LogP contribution in [0.2, 0.25) is 0 Å². The first-order chi connectivity index (χ1) is 34.8. The lowest BCUT2D eigenvalue weighted by Gasteiger charge is -2.16. The third-order valence-electron chi connectivity index (χ3n) is 10.9. The molecule has 7 rings (SSSR count). The van der Waals surface area contributed by atoms with Crippen LogP contribution in [0.4, 0.5) is 0 Å². The van der Waals surface area contributed by atoms with Gasteiger partial charge in [0.05, 0.1) is 56.3 Å². The van der Waals surface area contributed by atoms with Gasteiger partial charge in [0.2, 0.25) is 0 Å². The normalized spacial score (nSPS) is 11.1. The van der Waals surface area contributed by atoms with E-state index in [1.54, 1.807) is 66.7 Å². The summed E-state index contributed by atoms with van der Waals surface area (Å²) in [5, 5.41) is 0. The van der Waals surface area contributed by atoms with Crippen LogP contribution in [0.5, 0.6) is 51.7 Å². The molecule has 0 fully saturated rings. The zero-order valence-corrected chi connectivity index (χ0v) is 40.3. The van der Waals surface area contributed by atoms with E-state index in [0.29, 0.717) is 59.5 Å². The number of carbonyl (C=O) groups is 5. The first kappa shape index (κ1) is 50.9. The molecular formula is C57H50O15. The van der Waals surface area contributed by atoms with E-state index in [1.807, 2.05) is 26.8 Å². The third kappa shape index (κ3) is 13.2. The fourth-order valence-corrected chi connectivity index (χ4v) is 7.03. The number of methoxy groups -OCH3 is 3. The van der Waals surface area contributed by atoms with Crippen LogP contribution in [0.1, 0.15) is 77.6 Å². The lowest BCUT2D eigenvalue weighted by atomic mass is 10.0. The van der Waals surface area contributed by atoms with E-state index < -0.39 is 29.8 Å². The second kappa shape index (κ2) is 24.1. The van der Waals surface area contributed by atoms with Gasteiger partial charge in [-0.25, -0.2) is 24.0 Å². The van der Waals surface area contributed by atoms with Gasteiger partial charge in [0, 0.05) is 25.2 Å². The summed E-state index contributed by atoms with van der Waals surface area (Å²) < 4.78 is 55.3. The summed E-state index contributed by atoms with van der Waals surface area (Å²) in [5.74, 6) is -0.316. The van der Waals surface area contributed by atoms with Gasteiger partial charge in [-0.3, -0.25) is 0 Å². The van der Waals surface area contributed by atoms with E-state index in [9.17, 15) is 24.0 Å². The predicted molar refractivity (Wildman–Crippen MR) is 264 cm³/mol. The standard InChI is InChI=1S/C57H50O15/c1-7-66-36(3)30-31-67-52-34-50(64-5)48(33-51(52)65-6)57(62)71-47-27-14-40(15-28-47)55(60)70-45-23-12-39(13-24-45)54(59)68-44-21-8-37(9-22-44)42-18-29-49(35(2)32-42)72-56(61)41-16-25-46(26-17-41)69-53(58)38-10-19-43(63-4)20-11-38/h8-29,32-34,36H,7,30-31H2,1-6H3. The number of hydrogen-bond acceptors (Lipinski definition) is 15. The quantitative estimate of drug-likeness (QED) is 0.0520. The summed E-state index contributed by atoms with van der Waals surface area (Å²) in [4.78, 5) is 64.8. The Kier molecular flexibility index (Phi) is 17.0. The van der Waals surface area contributed by atoms with Crippen molar-refractivity contribution in [2.75, 3.05) is 34.5 Å². The van der Waals surface area contributed by atoms with Crippen LogP contribution >= 0.6 is 0 Å². The molecule has 368 valence electrons. The van der Waals surface area contributed by atoms with Crippen LogP contribution in [0.3, 0.4) is 0 Å². The maximum atomic E-state index is 13.2. The molecule has 15 nitrogen and oxygen atoms in total. The summed E-state index contributed by atoms with van der Waals surface area (Å²) in [6.45, 7) is 6.66. The Morgan fingerprint density at radius 1 is 0.417 bits per heavy atom. The SMILES string of the molecule is CCOC(C)CCOc1cc(OC)c(C(=O)Oc2ccc(C(=O)Oc3ccc(C(=O)Oc4ccc(-c5ccc(OC(=O)c6ccc(OC(=O)c7ccc(OC)cc7)cc6)c(C)c5)cc4)cc3)cc2)cc1OC. The number of carbonyl (C=O) groups excluding carboxylic acids is 5. The summed E-state index contributed by atoms with van der Waals surface area (Å²) in [5.41, 5.74) is 3.49. The summed E-state index contributed by atoms with van der Waals surface area (Å²) >= 11 is 0. The Labute approximate surface area is 415 Å². The van der Waals surface area contributed by atoms with Crippen molar-refractivity contribution >= 4 is 29.8 Å². The molecule has 72 heavy (non-hydrogen) atoms. The van der Waals surface area contributed by atoms with E-state index in [1.165, 1.54) is 100 Å². The minimum Gasteiger partial charge on any atom is -0.497 e. The van der Waals surface area contributed by atoms with Crippen LogP contribution in [0.25, 0.3) is 11.1 Å². The molecule has 0 saturated heterocycles. The molecule has 1 atom stereocenters. The average molecular weight is 975 g/mol. The monoisotopic (exact) mass is 974 g/mol. The van der Waals surface area contributed by atoms with Crippen LogP contribution < -0.4 is 42.6 Å². The number of rotatable bonds is 20. The fourth-order valence-electron chi connectivity index (χ4n) is 7.03. The van der Waals surface area contributed by atoms with Gasteiger partial charge in [-0.1, -0.05) is 18.2 Å². The average Bonchev–Trinajstić information content (AvgIpc) is 3.39. The molecule has 0 N–H and O–H groups in total. The Morgan fingerprint density at radius 2 is 0.833 bits per heavy atom. The first-order valence-corrected chi connectivity index (χ1v) is 22.6. The Bertz CT molecular complexity index is 3020. The lowest BCUT2D eigenvalue weighted by molar-refractivity contribution is 0.0592. The molecule has 0 bridgehead atoms. The predicted octanol–water partition coefficient (Wildman–Crippen LogP) is 11.0. The van der Waals surface area contributed by atoms with Crippen molar-refractivity contribution in [3.05, 3.63) is 185 Å². The zero-order chi connectivity index (χ0) is 51.1. The van der Waals surface area contributed by atoms with Gasteiger partial charge in [0.25, 0.3) is 0 Å². The van der Waals surface area contributed by atoms with E-state index >= 15 is 0 Å². The van der Waals surface area contributed by atoms with Gasteiger partial charge in [-0.2, -0.15) is 0 Å². The van der Waals surface area contributed by atoms with E-state index in [4.69, 9.17) is 47.4 Å². The number of hydrogen-bond donors (Lipinski definition) is 0. The highest BCUT2D eigenvalue weighted by Gasteiger charge is 2.22. The van der Waals surface area contributed by atoms with Crippen molar-refractivity contribution in [1.29, 1.82) is 0 Å². The van der Waals surface area contributed by atoms with Gasteiger partial charge in [-0.05, 0) is 159 Å². The maximum absolute atomic E-state index is 13.2. The molecule has 0 aliphatic heterocycles. The van der Waals surface area contributed by atoms with Crippen LogP contribution in [0, 0.1) is 6.92 Å². The molecular weight excluding hydrogens is 925 g/mol. The molecule has 0 saturated carbocycles. The van der Waals surface area contributed by atoms with Crippen molar-refractivity contribution in [1.82, 2.24) is 0 Å². The lowest BCUT2D eigenvalue weighted by Crippen LogP contribution is -2.14. The highest BCUT2D eigenvalue weighted by molar-refractivity contribution is 5.96. The van der Waals surface area contributed by atoms with Gasteiger partial charge in [0.15, 0.2) is 11.5 Å². The third-order valence-corrected chi connectivity index (χ3v) is 10.9. The Morgan fingerprint density at radius 3 is 1.26 bits per heavy atom. The molecule has 0 spiro atoms. The molecule has 0 aliphatic rings. The number of aryl methyl sites for hydroxylation is 1. The molecule has 0 aromatic heterocycles. The summed E-state index contributed by atoms with van der Waals surface area (Å²) in [6.07, 6.45) is 0.663. The van der Waals surface area contributed by atoms with E-state index in [-0.39, 0.29) is 51.4 Å². The Hall–Kier alpha value is -8.95. The highest BCUT2D eigenvalue weighted by Crippen LogP contribution is 2.36. The minimum atomic E-state index is -0.719. The van der Waals surface area contributed by atoms with E-state index in [0.717, 1.165) is 11.1 Å². The zero-order valence-electron chi connectivity index (χ0n) is 40.3.